The Hall–Kier alpha value is -2.03. The molecule has 0 spiro atoms. The number of hydrogen-bond donors (Lipinski definition) is 2. The molecule has 2 aromatic rings. The molecule has 0 atom stereocenters. The van der Waals surface area contributed by atoms with Gasteiger partial charge >= 0.3 is 0 Å². The average Bonchev–Trinajstić information content (AvgIpc) is 2.30. The standard InChI is InChI=1S/C13H15N3/c1-10-5-2-3-6-11(10)9-16-13-12(14)7-4-8-15-13/h2-8H,9,14H2,1H3,(H,15,16). The maximum atomic E-state index is 5.80. The molecule has 1 aromatic heterocycles. The van der Waals surface area contributed by atoms with E-state index in [0.29, 0.717) is 5.69 Å². The second kappa shape index (κ2) is 4.66. The van der Waals surface area contributed by atoms with Crippen molar-refractivity contribution in [2.24, 2.45) is 0 Å². The molecule has 0 aliphatic heterocycles. The van der Waals surface area contributed by atoms with Gasteiger partial charge in [-0.25, -0.2) is 4.98 Å². The zero-order valence-corrected chi connectivity index (χ0v) is 9.27. The third-order valence-electron chi connectivity index (χ3n) is 2.55. The first-order valence-corrected chi connectivity index (χ1v) is 5.26. The Labute approximate surface area is 95.3 Å². The molecule has 0 saturated heterocycles. The van der Waals surface area contributed by atoms with Gasteiger partial charge in [0.2, 0.25) is 0 Å². The highest BCUT2D eigenvalue weighted by Gasteiger charge is 2.00. The van der Waals surface area contributed by atoms with Gasteiger partial charge in [0, 0.05) is 12.7 Å². The Kier molecular flexibility index (Phi) is 3.05. The summed E-state index contributed by atoms with van der Waals surface area (Å²) in [5, 5.41) is 3.23. The Bertz CT molecular complexity index is 435. The Morgan fingerprint density at radius 1 is 1.19 bits per heavy atom. The van der Waals surface area contributed by atoms with Crippen molar-refractivity contribution in [1.82, 2.24) is 4.98 Å². The Balaban J connectivity index is 2.09. The summed E-state index contributed by atoms with van der Waals surface area (Å²) in [6, 6.07) is 11.9. The summed E-state index contributed by atoms with van der Waals surface area (Å²) in [5.74, 6) is 0.741. The number of aromatic nitrogens is 1. The molecule has 3 N–H and O–H groups in total. The summed E-state index contributed by atoms with van der Waals surface area (Å²) in [6.45, 7) is 2.84. The topological polar surface area (TPSA) is 50.9 Å². The highest BCUT2D eigenvalue weighted by atomic mass is 15.0. The summed E-state index contributed by atoms with van der Waals surface area (Å²) < 4.78 is 0. The summed E-state index contributed by atoms with van der Waals surface area (Å²) in [6.07, 6.45) is 1.73. The molecular weight excluding hydrogens is 198 g/mol. The number of anilines is 2. The minimum atomic E-state index is 0.677. The molecule has 0 bridgehead atoms. The zero-order valence-electron chi connectivity index (χ0n) is 9.27. The monoisotopic (exact) mass is 213 g/mol. The molecule has 0 fully saturated rings. The van der Waals surface area contributed by atoms with E-state index in [0.717, 1.165) is 12.4 Å². The number of nitrogens with two attached hydrogens (primary N) is 1. The molecule has 0 unspecified atom stereocenters. The van der Waals surface area contributed by atoms with E-state index in [1.54, 1.807) is 6.20 Å². The van der Waals surface area contributed by atoms with Gasteiger partial charge in [-0.2, -0.15) is 0 Å². The number of rotatable bonds is 3. The van der Waals surface area contributed by atoms with Crippen molar-refractivity contribution in [3.05, 3.63) is 53.7 Å². The minimum absolute atomic E-state index is 0.677. The third-order valence-corrected chi connectivity index (χ3v) is 2.55. The van der Waals surface area contributed by atoms with E-state index < -0.39 is 0 Å². The first kappa shape index (κ1) is 10.5. The van der Waals surface area contributed by atoms with Crippen LogP contribution in [0, 0.1) is 6.92 Å². The van der Waals surface area contributed by atoms with Crippen molar-refractivity contribution < 1.29 is 0 Å². The van der Waals surface area contributed by atoms with E-state index >= 15 is 0 Å². The third kappa shape index (κ3) is 2.31. The summed E-state index contributed by atoms with van der Waals surface area (Å²) >= 11 is 0. The van der Waals surface area contributed by atoms with Crippen molar-refractivity contribution >= 4 is 11.5 Å². The molecule has 0 amide bonds. The summed E-state index contributed by atoms with van der Waals surface area (Å²) in [4.78, 5) is 4.19. The van der Waals surface area contributed by atoms with Crippen LogP contribution >= 0.6 is 0 Å². The SMILES string of the molecule is Cc1ccccc1CNc1ncccc1N. The first-order chi connectivity index (χ1) is 7.77. The van der Waals surface area contributed by atoms with E-state index in [9.17, 15) is 0 Å². The minimum Gasteiger partial charge on any atom is -0.396 e. The largest absolute Gasteiger partial charge is 0.396 e. The second-order valence-electron chi connectivity index (χ2n) is 3.72. The molecule has 3 heteroatoms. The van der Waals surface area contributed by atoms with Gasteiger partial charge in [-0.1, -0.05) is 24.3 Å². The lowest BCUT2D eigenvalue weighted by atomic mass is 10.1. The van der Waals surface area contributed by atoms with Crippen LogP contribution in [-0.4, -0.2) is 4.98 Å². The smallest absolute Gasteiger partial charge is 0.149 e. The fraction of sp³-hybridized carbons (Fsp3) is 0.154. The number of nitrogens with zero attached hydrogens (tertiary/aromatic N) is 1. The molecular formula is C13H15N3. The first-order valence-electron chi connectivity index (χ1n) is 5.26. The van der Waals surface area contributed by atoms with Crippen LogP contribution in [-0.2, 0) is 6.54 Å². The molecule has 16 heavy (non-hydrogen) atoms. The van der Waals surface area contributed by atoms with Crippen LogP contribution in [0.15, 0.2) is 42.6 Å². The zero-order chi connectivity index (χ0) is 11.4. The Morgan fingerprint density at radius 2 is 2.00 bits per heavy atom. The number of nitrogen functional groups attached to an aromatic ring is 1. The van der Waals surface area contributed by atoms with Gasteiger partial charge < -0.3 is 11.1 Å². The molecule has 1 heterocycles. The van der Waals surface area contributed by atoms with Crippen LogP contribution in [0.3, 0.4) is 0 Å². The lowest BCUT2D eigenvalue weighted by Gasteiger charge is -2.09. The summed E-state index contributed by atoms with van der Waals surface area (Å²) in [7, 11) is 0. The van der Waals surface area contributed by atoms with E-state index in [1.807, 2.05) is 24.3 Å². The van der Waals surface area contributed by atoms with Crippen LogP contribution in [0.5, 0.6) is 0 Å². The van der Waals surface area contributed by atoms with E-state index in [2.05, 4.69) is 29.4 Å². The molecule has 0 aliphatic carbocycles. The Morgan fingerprint density at radius 3 is 2.75 bits per heavy atom. The average molecular weight is 213 g/mol. The summed E-state index contributed by atoms with van der Waals surface area (Å²) in [5.41, 5.74) is 9.00. The molecule has 0 aliphatic rings. The predicted molar refractivity (Wildman–Crippen MR) is 67.2 cm³/mol. The van der Waals surface area contributed by atoms with E-state index in [-0.39, 0.29) is 0 Å². The molecule has 2 rings (SSSR count). The van der Waals surface area contributed by atoms with Crippen LogP contribution in [0.1, 0.15) is 11.1 Å². The second-order valence-corrected chi connectivity index (χ2v) is 3.72. The fourth-order valence-electron chi connectivity index (χ4n) is 1.55. The van der Waals surface area contributed by atoms with Crippen molar-refractivity contribution in [1.29, 1.82) is 0 Å². The van der Waals surface area contributed by atoms with Gasteiger partial charge in [0.25, 0.3) is 0 Å². The van der Waals surface area contributed by atoms with Gasteiger partial charge in [-0.3, -0.25) is 0 Å². The van der Waals surface area contributed by atoms with Gasteiger partial charge in [0.1, 0.15) is 5.82 Å². The van der Waals surface area contributed by atoms with Crippen LogP contribution < -0.4 is 11.1 Å². The number of benzene rings is 1. The van der Waals surface area contributed by atoms with E-state index in [1.165, 1.54) is 11.1 Å². The van der Waals surface area contributed by atoms with Gasteiger partial charge in [-0.15, -0.1) is 0 Å². The molecule has 3 nitrogen and oxygen atoms in total. The number of aryl methyl sites for hydroxylation is 1. The maximum absolute atomic E-state index is 5.80. The normalized spacial score (nSPS) is 10.1. The molecule has 0 saturated carbocycles. The van der Waals surface area contributed by atoms with Crippen molar-refractivity contribution in [3.8, 4) is 0 Å². The van der Waals surface area contributed by atoms with Gasteiger partial charge in [0.15, 0.2) is 0 Å². The van der Waals surface area contributed by atoms with Crippen molar-refractivity contribution in [2.75, 3.05) is 11.1 Å². The lowest BCUT2D eigenvalue weighted by molar-refractivity contribution is 1.09. The number of pyridine rings is 1. The van der Waals surface area contributed by atoms with Gasteiger partial charge in [0.05, 0.1) is 5.69 Å². The van der Waals surface area contributed by atoms with Crippen LogP contribution in [0.25, 0.3) is 0 Å². The maximum Gasteiger partial charge on any atom is 0.149 e. The van der Waals surface area contributed by atoms with Crippen LogP contribution in [0.4, 0.5) is 11.5 Å². The van der Waals surface area contributed by atoms with Crippen molar-refractivity contribution in [3.63, 3.8) is 0 Å². The quantitative estimate of drug-likeness (QED) is 0.824. The highest BCUT2D eigenvalue weighted by molar-refractivity contribution is 5.60. The number of hydrogen-bond acceptors (Lipinski definition) is 3. The fourth-order valence-corrected chi connectivity index (χ4v) is 1.55. The van der Waals surface area contributed by atoms with Gasteiger partial charge in [-0.05, 0) is 30.2 Å². The predicted octanol–water partition coefficient (Wildman–Crippen LogP) is 2.58. The lowest BCUT2D eigenvalue weighted by Crippen LogP contribution is -2.05. The highest BCUT2D eigenvalue weighted by Crippen LogP contribution is 2.15. The van der Waals surface area contributed by atoms with Crippen molar-refractivity contribution in [2.45, 2.75) is 13.5 Å². The molecule has 82 valence electrons. The molecule has 1 aromatic carbocycles. The molecule has 0 radical (unpaired) electrons. The van der Waals surface area contributed by atoms with Crippen LogP contribution in [0.2, 0.25) is 0 Å². The van der Waals surface area contributed by atoms with E-state index in [4.69, 9.17) is 5.73 Å². The number of nitrogens with one attached hydrogen (secondary N) is 1.